The highest BCUT2D eigenvalue weighted by molar-refractivity contribution is 5.81. The molecule has 0 radical (unpaired) electrons. The fourth-order valence-electron chi connectivity index (χ4n) is 2.77. The van der Waals surface area contributed by atoms with E-state index in [4.69, 9.17) is 4.74 Å². The van der Waals surface area contributed by atoms with E-state index < -0.39 is 0 Å². The number of pyridine rings is 1. The van der Waals surface area contributed by atoms with Crippen LogP contribution in [0.3, 0.4) is 0 Å². The van der Waals surface area contributed by atoms with Crippen molar-refractivity contribution in [2.45, 2.75) is 25.9 Å². The summed E-state index contributed by atoms with van der Waals surface area (Å²) in [4.78, 5) is 21.2. The number of hydrogen-bond acceptors (Lipinski definition) is 5. The number of nitrogens with one attached hydrogen (secondary N) is 1. The average Bonchev–Trinajstić information content (AvgIpc) is 2.59. The van der Waals surface area contributed by atoms with Crippen molar-refractivity contribution in [1.29, 1.82) is 0 Å². The lowest BCUT2D eigenvalue weighted by molar-refractivity contribution is -0.126. The first-order valence-electron chi connectivity index (χ1n) is 8.33. The highest BCUT2D eigenvalue weighted by Gasteiger charge is 2.25. The Hall–Kier alpha value is -1.50. The van der Waals surface area contributed by atoms with Crippen LogP contribution in [0.5, 0.6) is 0 Å². The van der Waals surface area contributed by atoms with Gasteiger partial charge in [0.25, 0.3) is 0 Å². The van der Waals surface area contributed by atoms with Gasteiger partial charge in [-0.1, -0.05) is 6.07 Å². The van der Waals surface area contributed by atoms with Gasteiger partial charge in [-0.3, -0.25) is 19.6 Å². The summed E-state index contributed by atoms with van der Waals surface area (Å²) in [6, 6.07) is 5.94. The second-order valence-corrected chi connectivity index (χ2v) is 5.95. The SMILES string of the molecule is COCCCNC(=O)C(C)N1CCN(Cc2ccccn2)CC1. The molecular formula is C17H28N4O2. The number of rotatable bonds is 8. The van der Waals surface area contributed by atoms with Crippen LogP contribution >= 0.6 is 0 Å². The van der Waals surface area contributed by atoms with E-state index in [1.165, 1.54) is 0 Å². The van der Waals surface area contributed by atoms with Crippen molar-refractivity contribution < 1.29 is 9.53 Å². The maximum atomic E-state index is 12.2. The van der Waals surface area contributed by atoms with Crippen molar-refractivity contribution in [1.82, 2.24) is 20.1 Å². The molecule has 6 nitrogen and oxygen atoms in total. The zero-order valence-corrected chi connectivity index (χ0v) is 14.2. The van der Waals surface area contributed by atoms with Gasteiger partial charge < -0.3 is 10.1 Å². The Bertz CT molecular complexity index is 461. The van der Waals surface area contributed by atoms with Gasteiger partial charge in [-0.15, -0.1) is 0 Å². The van der Waals surface area contributed by atoms with E-state index in [1.807, 2.05) is 25.3 Å². The number of nitrogens with zero attached hydrogens (tertiary/aromatic N) is 3. The molecule has 2 heterocycles. The molecule has 1 unspecified atom stereocenters. The molecule has 1 aromatic heterocycles. The molecule has 1 saturated heterocycles. The van der Waals surface area contributed by atoms with Crippen LogP contribution in [0.15, 0.2) is 24.4 Å². The zero-order valence-electron chi connectivity index (χ0n) is 14.2. The Morgan fingerprint density at radius 3 is 2.78 bits per heavy atom. The summed E-state index contributed by atoms with van der Waals surface area (Å²) >= 11 is 0. The van der Waals surface area contributed by atoms with Gasteiger partial charge in [0.2, 0.25) is 5.91 Å². The topological polar surface area (TPSA) is 57.7 Å². The molecule has 128 valence electrons. The standard InChI is InChI=1S/C17H28N4O2/c1-15(17(22)19-8-5-13-23-2)21-11-9-20(10-12-21)14-16-6-3-4-7-18-16/h3-4,6-7,15H,5,8-14H2,1-2H3,(H,19,22). The van der Waals surface area contributed by atoms with Crippen LogP contribution in [0.2, 0.25) is 0 Å². The fraction of sp³-hybridized carbons (Fsp3) is 0.647. The van der Waals surface area contributed by atoms with Gasteiger partial charge in [0, 0.05) is 59.2 Å². The largest absolute Gasteiger partial charge is 0.385 e. The Morgan fingerprint density at radius 2 is 2.13 bits per heavy atom. The summed E-state index contributed by atoms with van der Waals surface area (Å²) in [5.41, 5.74) is 1.10. The molecule has 23 heavy (non-hydrogen) atoms. The van der Waals surface area contributed by atoms with Crippen LogP contribution in [0, 0.1) is 0 Å². The van der Waals surface area contributed by atoms with Crippen LogP contribution in [-0.2, 0) is 16.1 Å². The minimum atomic E-state index is -0.0745. The van der Waals surface area contributed by atoms with Crippen molar-refractivity contribution in [3.63, 3.8) is 0 Å². The van der Waals surface area contributed by atoms with Gasteiger partial charge in [-0.2, -0.15) is 0 Å². The highest BCUT2D eigenvalue weighted by Crippen LogP contribution is 2.09. The molecule has 1 N–H and O–H groups in total. The highest BCUT2D eigenvalue weighted by atomic mass is 16.5. The van der Waals surface area contributed by atoms with Crippen molar-refractivity contribution in [3.05, 3.63) is 30.1 Å². The van der Waals surface area contributed by atoms with Crippen LogP contribution in [-0.4, -0.2) is 73.2 Å². The van der Waals surface area contributed by atoms with Crippen LogP contribution < -0.4 is 5.32 Å². The maximum Gasteiger partial charge on any atom is 0.237 e. The van der Waals surface area contributed by atoms with E-state index in [9.17, 15) is 4.79 Å². The maximum absolute atomic E-state index is 12.2. The summed E-state index contributed by atoms with van der Waals surface area (Å²) in [6.07, 6.45) is 2.69. The Morgan fingerprint density at radius 1 is 1.35 bits per heavy atom. The van der Waals surface area contributed by atoms with Crippen molar-refractivity contribution in [3.8, 4) is 0 Å². The Labute approximate surface area is 138 Å². The number of carbonyl (C=O) groups excluding carboxylic acids is 1. The molecule has 0 saturated carbocycles. The molecule has 1 fully saturated rings. The van der Waals surface area contributed by atoms with Gasteiger partial charge >= 0.3 is 0 Å². The number of methoxy groups -OCH3 is 1. The third kappa shape index (κ3) is 5.89. The number of ether oxygens (including phenoxy) is 1. The number of hydrogen-bond donors (Lipinski definition) is 1. The molecule has 1 aliphatic heterocycles. The van der Waals surface area contributed by atoms with Gasteiger partial charge in [-0.05, 0) is 25.5 Å². The normalized spacial score (nSPS) is 17.8. The van der Waals surface area contributed by atoms with E-state index in [0.717, 1.165) is 44.8 Å². The number of amides is 1. The molecule has 0 spiro atoms. The van der Waals surface area contributed by atoms with Gasteiger partial charge in [0.15, 0.2) is 0 Å². The number of piperazine rings is 1. The summed E-state index contributed by atoms with van der Waals surface area (Å²) in [5, 5.41) is 2.98. The second-order valence-electron chi connectivity index (χ2n) is 5.95. The van der Waals surface area contributed by atoms with Gasteiger partial charge in [0.05, 0.1) is 11.7 Å². The minimum absolute atomic E-state index is 0.0745. The Balaban J connectivity index is 1.69. The summed E-state index contributed by atoms with van der Waals surface area (Å²) in [5.74, 6) is 0.110. The summed E-state index contributed by atoms with van der Waals surface area (Å²) in [7, 11) is 1.68. The molecule has 1 amide bonds. The Kier molecular flexibility index (Phi) is 7.45. The smallest absolute Gasteiger partial charge is 0.237 e. The van der Waals surface area contributed by atoms with E-state index in [1.54, 1.807) is 7.11 Å². The molecule has 1 aromatic rings. The van der Waals surface area contributed by atoms with Crippen LogP contribution in [0.4, 0.5) is 0 Å². The molecule has 2 rings (SSSR count). The van der Waals surface area contributed by atoms with E-state index in [0.29, 0.717) is 13.2 Å². The number of carbonyl (C=O) groups is 1. The lowest BCUT2D eigenvalue weighted by atomic mass is 10.2. The molecule has 6 heteroatoms. The third-order valence-corrected chi connectivity index (χ3v) is 4.27. The van der Waals surface area contributed by atoms with E-state index in [-0.39, 0.29) is 11.9 Å². The van der Waals surface area contributed by atoms with Crippen LogP contribution in [0.25, 0.3) is 0 Å². The second kappa shape index (κ2) is 9.60. The number of aromatic nitrogens is 1. The molecule has 1 atom stereocenters. The molecular weight excluding hydrogens is 292 g/mol. The predicted molar refractivity (Wildman–Crippen MR) is 90.1 cm³/mol. The predicted octanol–water partition coefficient (Wildman–Crippen LogP) is 0.740. The lowest BCUT2D eigenvalue weighted by Gasteiger charge is -2.37. The fourth-order valence-corrected chi connectivity index (χ4v) is 2.77. The molecule has 0 aromatic carbocycles. The van der Waals surface area contributed by atoms with E-state index >= 15 is 0 Å². The summed E-state index contributed by atoms with van der Waals surface area (Å²) in [6.45, 7) is 8.00. The van der Waals surface area contributed by atoms with Gasteiger partial charge in [-0.25, -0.2) is 0 Å². The van der Waals surface area contributed by atoms with Gasteiger partial charge in [0.1, 0.15) is 0 Å². The lowest BCUT2D eigenvalue weighted by Crippen LogP contribution is -2.53. The minimum Gasteiger partial charge on any atom is -0.385 e. The van der Waals surface area contributed by atoms with Crippen molar-refractivity contribution in [2.24, 2.45) is 0 Å². The van der Waals surface area contributed by atoms with Crippen LogP contribution in [0.1, 0.15) is 19.0 Å². The van der Waals surface area contributed by atoms with Crippen molar-refractivity contribution >= 4 is 5.91 Å². The zero-order chi connectivity index (χ0) is 16.5. The average molecular weight is 320 g/mol. The van der Waals surface area contributed by atoms with E-state index in [2.05, 4.69) is 26.2 Å². The van der Waals surface area contributed by atoms with Crippen molar-refractivity contribution in [2.75, 3.05) is 46.4 Å². The summed E-state index contributed by atoms with van der Waals surface area (Å²) < 4.78 is 4.99. The quantitative estimate of drug-likeness (QED) is 0.716. The first kappa shape index (κ1) is 17.8. The third-order valence-electron chi connectivity index (χ3n) is 4.27. The monoisotopic (exact) mass is 320 g/mol. The molecule has 1 aliphatic rings. The molecule has 0 aliphatic carbocycles. The first-order valence-corrected chi connectivity index (χ1v) is 8.33. The first-order chi connectivity index (χ1) is 11.2. The molecule has 0 bridgehead atoms.